The normalized spacial score (nSPS) is 10.4. The zero-order chi connectivity index (χ0) is 15.1. The van der Waals surface area contributed by atoms with Crippen LogP contribution >= 0.6 is 0 Å². The van der Waals surface area contributed by atoms with E-state index in [-0.39, 0.29) is 5.56 Å². The number of nitrogens with zero attached hydrogens (tertiary/aromatic N) is 1. The number of hydrogen-bond acceptors (Lipinski definition) is 4. The molecule has 1 N–H and O–H groups in total. The summed E-state index contributed by atoms with van der Waals surface area (Å²) in [4.78, 5) is 18.6. The topological polar surface area (TPSA) is 64.2 Å². The van der Waals surface area contributed by atoms with Gasteiger partial charge >= 0.3 is 0 Å². The third-order valence-electron chi connectivity index (χ3n) is 3.05. The number of methoxy groups -OCH3 is 1. The second kappa shape index (κ2) is 7.47. The van der Waals surface area contributed by atoms with Gasteiger partial charge in [0.1, 0.15) is 5.75 Å². The number of ether oxygens (including phenoxy) is 2. The summed E-state index contributed by atoms with van der Waals surface area (Å²) in [5.74, 6) is 0.807. The molecule has 0 amide bonds. The second-order valence-corrected chi connectivity index (χ2v) is 4.77. The highest BCUT2D eigenvalue weighted by atomic mass is 16.5. The Morgan fingerprint density at radius 3 is 2.67 bits per heavy atom. The molecular formula is C16H20N2O3. The van der Waals surface area contributed by atoms with Crippen LogP contribution in [0.1, 0.15) is 31.0 Å². The van der Waals surface area contributed by atoms with E-state index in [1.165, 1.54) is 6.07 Å². The monoisotopic (exact) mass is 288 g/mol. The van der Waals surface area contributed by atoms with Crippen LogP contribution in [0.3, 0.4) is 0 Å². The first-order valence-corrected chi connectivity index (χ1v) is 7.07. The number of nitrogens with one attached hydrogen (secondary N) is 1. The zero-order valence-electron chi connectivity index (χ0n) is 12.4. The van der Waals surface area contributed by atoms with Crippen molar-refractivity contribution < 1.29 is 9.47 Å². The molecule has 21 heavy (non-hydrogen) atoms. The van der Waals surface area contributed by atoms with Gasteiger partial charge in [-0.2, -0.15) is 0 Å². The lowest BCUT2D eigenvalue weighted by molar-refractivity contribution is 0.283. The first-order chi connectivity index (χ1) is 10.2. The number of unbranched alkanes of at least 4 members (excludes halogenated alkanes) is 1. The van der Waals surface area contributed by atoms with Gasteiger partial charge < -0.3 is 9.47 Å². The Morgan fingerprint density at radius 1 is 1.24 bits per heavy atom. The van der Waals surface area contributed by atoms with E-state index in [0.717, 1.165) is 24.2 Å². The van der Waals surface area contributed by atoms with Gasteiger partial charge in [0, 0.05) is 12.5 Å². The molecule has 0 radical (unpaired) electrons. The molecule has 0 fully saturated rings. The van der Waals surface area contributed by atoms with Crippen molar-refractivity contribution in [1.29, 1.82) is 0 Å². The molecular weight excluding hydrogens is 268 g/mol. The molecule has 2 aromatic rings. The van der Waals surface area contributed by atoms with Crippen molar-refractivity contribution in [3.63, 3.8) is 0 Å². The lowest BCUT2D eigenvalue weighted by atomic mass is 10.1. The summed E-state index contributed by atoms with van der Waals surface area (Å²) in [6.07, 6.45) is 2.56. The van der Waals surface area contributed by atoms with E-state index >= 15 is 0 Å². The molecule has 5 heteroatoms. The lowest BCUT2D eigenvalue weighted by Gasteiger charge is -2.06. The highest BCUT2D eigenvalue weighted by molar-refractivity contribution is 5.29. The van der Waals surface area contributed by atoms with E-state index < -0.39 is 0 Å². The van der Waals surface area contributed by atoms with Gasteiger partial charge in [-0.15, -0.1) is 0 Å². The fourth-order valence-electron chi connectivity index (χ4n) is 1.91. The molecule has 0 unspecified atom stereocenters. The van der Waals surface area contributed by atoms with Crippen LogP contribution in [0.15, 0.2) is 35.1 Å². The molecule has 5 nitrogen and oxygen atoms in total. The van der Waals surface area contributed by atoms with Gasteiger partial charge in [0.15, 0.2) is 0 Å². The summed E-state index contributed by atoms with van der Waals surface area (Å²) < 4.78 is 10.6. The fraction of sp³-hybridized carbons (Fsp3) is 0.375. The third-order valence-corrected chi connectivity index (χ3v) is 3.05. The Morgan fingerprint density at radius 2 is 2.00 bits per heavy atom. The first kappa shape index (κ1) is 15.1. The molecule has 0 saturated carbocycles. The van der Waals surface area contributed by atoms with Crippen LogP contribution in [0, 0.1) is 0 Å². The quantitative estimate of drug-likeness (QED) is 0.795. The number of aromatic nitrogens is 2. The van der Waals surface area contributed by atoms with Gasteiger partial charge in [0.05, 0.1) is 19.4 Å². The molecule has 1 heterocycles. The molecule has 0 spiro atoms. The van der Waals surface area contributed by atoms with Crippen LogP contribution in [-0.2, 0) is 6.42 Å². The highest BCUT2D eigenvalue weighted by Crippen LogP contribution is 2.14. The van der Waals surface area contributed by atoms with E-state index in [4.69, 9.17) is 9.47 Å². The van der Waals surface area contributed by atoms with E-state index in [1.54, 1.807) is 7.11 Å². The minimum absolute atomic E-state index is 0.194. The Labute approximate surface area is 124 Å². The van der Waals surface area contributed by atoms with E-state index in [2.05, 4.69) is 16.9 Å². The average molecular weight is 288 g/mol. The Hall–Kier alpha value is -2.30. The van der Waals surface area contributed by atoms with Gasteiger partial charge in [-0.05, 0) is 24.1 Å². The standard InChI is InChI=1S/C16H20N2O3/c1-3-4-9-21-16-17-13(11-15(19)18-16)10-12-5-7-14(20-2)8-6-12/h5-8,11H,3-4,9-10H2,1-2H3,(H,17,18,19). The summed E-state index contributed by atoms with van der Waals surface area (Å²) >= 11 is 0. The molecule has 0 aliphatic carbocycles. The molecule has 0 bridgehead atoms. The summed E-state index contributed by atoms with van der Waals surface area (Å²) in [5.41, 5.74) is 1.56. The number of H-pyrrole nitrogens is 1. The Bertz CT molecular complexity index is 620. The maximum Gasteiger partial charge on any atom is 0.296 e. The Balaban J connectivity index is 2.09. The third kappa shape index (κ3) is 4.63. The number of hydrogen-bond donors (Lipinski definition) is 1. The maximum absolute atomic E-state index is 11.6. The van der Waals surface area contributed by atoms with Crippen molar-refractivity contribution in [2.45, 2.75) is 26.2 Å². The Kier molecular flexibility index (Phi) is 5.37. The van der Waals surface area contributed by atoms with Crippen LogP contribution in [-0.4, -0.2) is 23.7 Å². The summed E-state index contributed by atoms with van der Waals surface area (Å²) in [7, 11) is 1.63. The van der Waals surface area contributed by atoms with Crippen molar-refractivity contribution in [2.75, 3.05) is 13.7 Å². The number of rotatable bonds is 7. The van der Waals surface area contributed by atoms with Crippen LogP contribution in [0.5, 0.6) is 11.8 Å². The van der Waals surface area contributed by atoms with Gasteiger partial charge in [-0.1, -0.05) is 25.5 Å². The molecule has 0 atom stereocenters. The second-order valence-electron chi connectivity index (χ2n) is 4.77. The van der Waals surface area contributed by atoms with Crippen LogP contribution in [0.25, 0.3) is 0 Å². The minimum atomic E-state index is -0.194. The van der Waals surface area contributed by atoms with E-state index in [1.807, 2.05) is 24.3 Å². The maximum atomic E-state index is 11.6. The zero-order valence-corrected chi connectivity index (χ0v) is 12.4. The van der Waals surface area contributed by atoms with Crippen molar-refractivity contribution in [3.8, 4) is 11.8 Å². The molecule has 1 aromatic carbocycles. The van der Waals surface area contributed by atoms with Gasteiger partial charge in [-0.3, -0.25) is 9.78 Å². The van der Waals surface area contributed by atoms with E-state index in [0.29, 0.717) is 24.7 Å². The summed E-state index contributed by atoms with van der Waals surface area (Å²) in [6.45, 7) is 2.64. The van der Waals surface area contributed by atoms with Crippen molar-refractivity contribution in [1.82, 2.24) is 9.97 Å². The van der Waals surface area contributed by atoms with Crippen molar-refractivity contribution in [2.24, 2.45) is 0 Å². The molecule has 112 valence electrons. The first-order valence-electron chi connectivity index (χ1n) is 7.07. The molecule has 2 rings (SSSR count). The van der Waals surface area contributed by atoms with Gasteiger partial charge in [0.2, 0.25) is 0 Å². The van der Waals surface area contributed by atoms with Gasteiger partial charge in [0.25, 0.3) is 11.6 Å². The average Bonchev–Trinajstić information content (AvgIpc) is 2.48. The number of aromatic amines is 1. The predicted octanol–water partition coefficient (Wildman–Crippen LogP) is 2.55. The fourth-order valence-corrected chi connectivity index (χ4v) is 1.91. The molecule has 0 saturated heterocycles. The predicted molar refractivity (Wildman–Crippen MR) is 81.1 cm³/mol. The van der Waals surface area contributed by atoms with Gasteiger partial charge in [-0.25, -0.2) is 4.98 Å². The summed E-state index contributed by atoms with van der Waals surface area (Å²) in [5, 5.41) is 0. The molecule has 0 aliphatic heterocycles. The van der Waals surface area contributed by atoms with Crippen molar-refractivity contribution >= 4 is 0 Å². The number of benzene rings is 1. The smallest absolute Gasteiger partial charge is 0.296 e. The van der Waals surface area contributed by atoms with Crippen LogP contribution in [0.2, 0.25) is 0 Å². The van der Waals surface area contributed by atoms with E-state index in [9.17, 15) is 4.79 Å². The summed E-state index contributed by atoms with van der Waals surface area (Å²) in [6, 6.07) is 9.48. The van der Waals surface area contributed by atoms with Crippen LogP contribution in [0.4, 0.5) is 0 Å². The van der Waals surface area contributed by atoms with Crippen LogP contribution < -0.4 is 15.0 Å². The molecule has 1 aromatic heterocycles. The SMILES string of the molecule is CCCCOc1nc(Cc2ccc(OC)cc2)cc(=O)[nH]1. The lowest BCUT2D eigenvalue weighted by Crippen LogP contribution is -2.12. The van der Waals surface area contributed by atoms with Crippen molar-refractivity contribution in [3.05, 3.63) is 51.9 Å². The minimum Gasteiger partial charge on any atom is -0.497 e. The highest BCUT2D eigenvalue weighted by Gasteiger charge is 2.04. The molecule has 0 aliphatic rings. The largest absolute Gasteiger partial charge is 0.497 e.